The highest BCUT2D eigenvalue weighted by atomic mass is 16.3. The molecule has 0 bridgehead atoms. The molecule has 1 N–H and O–H groups in total. The third-order valence-corrected chi connectivity index (χ3v) is 4.06. The molecule has 1 aliphatic rings. The van der Waals surface area contributed by atoms with Gasteiger partial charge in [-0.15, -0.1) is 0 Å². The Morgan fingerprint density at radius 2 is 1.73 bits per heavy atom. The number of hydrogen-bond acceptors (Lipinski definition) is 2. The molecule has 2 heteroatoms. The number of nitrogens with zero attached hydrogens (tertiary/aromatic N) is 1. The van der Waals surface area contributed by atoms with Gasteiger partial charge in [0.15, 0.2) is 0 Å². The summed E-state index contributed by atoms with van der Waals surface area (Å²) in [6, 6.07) is 0. The lowest BCUT2D eigenvalue weighted by Gasteiger charge is -2.47. The van der Waals surface area contributed by atoms with Gasteiger partial charge in [-0.25, -0.2) is 0 Å². The fourth-order valence-electron chi connectivity index (χ4n) is 2.74. The first-order valence-corrected chi connectivity index (χ1v) is 6.45. The highest BCUT2D eigenvalue weighted by Gasteiger charge is 2.38. The van der Waals surface area contributed by atoms with Crippen molar-refractivity contribution in [3.05, 3.63) is 0 Å². The number of aliphatic hydroxyl groups excluding tert-OH is 1. The van der Waals surface area contributed by atoms with Crippen molar-refractivity contribution in [2.45, 2.75) is 65.0 Å². The van der Waals surface area contributed by atoms with Gasteiger partial charge in [0.05, 0.1) is 6.10 Å². The summed E-state index contributed by atoms with van der Waals surface area (Å²) in [5, 5.41) is 10.4. The van der Waals surface area contributed by atoms with E-state index in [1.165, 1.54) is 19.3 Å². The number of piperidine rings is 1. The molecule has 0 amide bonds. The third-order valence-electron chi connectivity index (χ3n) is 4.06. The zero-order valence-corrected chi connectivity index (χ0v) is 10.8. The summed E-state index contributed by atoms with van der Waals surface area (Å²) in [7, 11) is 0. The van der Waals surface area contributed by atoms with E-state index >= 15 is 0 Å². The van der Waals surface area contributed by atoms with E-state index in [4.69, 9.17) is 0 Å². The van der Waals surface area contributed by atoms with Gasteiger partial charge >= 0.3 is 0 Å². The number of rotatable bonds is 4. The first-order valence-electron chi connectivity index (χ1n) is 6.45. The molecule has 0 aromatic heterocycles. The Labute approximate surface area is 94.7 Å². The minimum atomic E-state index is -0.208. The summed E-state index contributed by atoms with van der Waals surface area (Å²) in [6.07, 6.45) is 4.77. The van der Waals surface area contributed by atoms with Gasteiger partial charge in [-0.1, -0.05) is 27.2 Å². The Kier molecular flexibility index (Phi) is 4.60. The van der Waals surface area contributed by atoms with Crippen LogP contribution in [0.2, 0.25) is 0 Å². The van der Waals surface area contributed by atoms with E-state index in [2.05, 4.69) is 32.6 Å². The van der Waals surface area contributed by atoms with Crippen LogP contribution in [0.1, 0.15) is 53.4 Å². The quantitative estimate of drug-likeness (QED) is 0.776. The molecule has 1 saturated heterocycles. The maximum atomic E-state index is 10.4. The normalized spacial score (nSPS) is 25.2. The molecule has 0 aromatic carbocycles. The second-order valence-electron chi connectivity index (χ2n) is 5.45. The molecule has 0 aromatic rings. The Morgan fingerprint density at radius 1 is 1.20 bits per heavy atom. The zero-order chi connectivity index (χ0) is 11.5. The fraction of sp³-hybridized carbons (Fsp3) is 1.00. The molecule has 0 spiro atoms. The van der Waals surface area contributed by atoms with Gasteiger partial charge in [0.25, 0.3) is 0 Å². The molecule has 15 heavy (non-hydrogen) atoms. The molecule has 0 radical (unpaired) electrons. The molecule has 2 atom stereocenters. The molecule has 0 saturated carbocycles. The van der Waals surface area contributed by atoms with Crippen molar-refractivity contribution in [2.75, 3.05) is 13.1 Å². The van der Waals surface area contributed by atoms with E-state index in [9.17, 15) is 5.11 Å². The van der Waals surface area contributed by atoms with Gasteiger partial charge < -0.3 is 5.11 Å². The average molecular weight is 213 g/mol. The number of hydrogen-bond donors (Lipinski definition) is 1. The Morgan fingerprint density at radius 3 is 2.13 bits per heavy atom. The smallest absolute Gasteiger partial charge is 0.0743 e. The van der Waals surface area contributed by atoms with E-state index < -0.39 is 0 Å². The number of likely N-dealkylation sites (tertiary alicyclic amines) is 1. The van der Waals surface area contributed by atoms with Crippen LogP contribution in [0.25, 0.3) is 0 Å². The highest BCUT2D eigenvalue weighted by Crippen LogP contribution is 2.30. The minimum absolute atomic E-state index is 0.0193. The Bertz CT molecular complexity index is 187. The van der Waals surface area contributed by atoms with Crippen LogP contribution < -0.4 is 0 Å². The molecule has 1 rings (SSSR count). The van der Waals surface area contributed by atoms with E-state index in [-0.39, 0.29) is 11.6 Å². The predicted molar refractivity (Wildman–Crippen MR) is 65.0 cm³/mol. The van der Waals surface area contributed by atoms with Gasteiger partial charge in [0.1, 0.15) is 0 Å². The van der Waals surface area contributed by atoms with Gasteiger partial charge in [0, 0.05) is 5.54 Å². The van der Waals surface area contributed by atoms with Crippen LogP contribution in [-0.2, 0) is 0 Å². The first-order chi connectivity index (χ1) is 7.02. The van der Waals surface area contributed by atoms with Gasteiger partial charge in [-0.2, -0.15) is 0 Å². The summed E-state index contributed by atoms with van der Waals surface area (Å²) in [6.45, 7) is 11.0. The molecule has 1 heterocycles. The van der Waals surface area contributed by atoms with Crippen LogP contribution in [0.4, 0.5) is 0 Å². The lowest BCUT2D eigenvalue weighted by atomic mass is 9.82. The van der Waals surface area contributed by atoms with Crippen molar-refractivity contribution in [1.82, 2.24) is 4.90 Å². The van der Waals surface area contributed by atoms with Crippen molar-refractivity contribution < 1.29 is 5.11 Å². The Balaban J connectivity index is 2.72. The molecule has 1 aliphatic heterocycles. The van der Waals surface area contributed by atoms with Crippen LogP contribution in [0.5, 0.6) is 0 Å². The zero-order valence-electron chi connectivity index (χ0n) is 10.8. The van der Waals surface area contributed by atoms with Crippen LogP contribution in [0.15, 0.2) is 0 Å². The van der Waals surface area contributed by atoms with Gasteiger partial charge in [-0.3, -0.25) is 4.90 Å². The van der Waals surface area contributed by atoms with Crippen LogP contribution in [0.3, 0.4) is 0 Å². The van der Waals surface area contributed by atoms with Gasteiger partial charge in [-0.05, 0) is 45.2 Å². The molecule has 1 fully saturated rings. The summed E-state index contributed by atoms with van der Waals surface area (Å²) < 4.78 is 0. The molecular weight excluding hydrogens is 186 g/mol. The molecular formula is C13H27NO. The standard InChI is InChI=1S/C13H27NO/c1-5-13(4,12(15)11(2)3)14-9-7-6-8-10-14/h11-12,15H,5-10H2,1-4H3. The summed E-state index contributed by atoms with van der Waals surface area (Å²) in [4.78, 5) is 2.50. The van der Waals surface area contributed by atoms with Crippen molar-refractivity contribution in [1.29, 1.82) is 0 Å². The maximum absolute atomic E-state index is 10.4. The summed E-state index contributed by atoms with van der Waals surface area (Å²) >= 11 is 0. The highest BCUT2D eigenvalue weighted by molar-refractivity contribution is 4.94. The van der Waals surface area contributed by atoms with Crippen LogP contribution >= 0.6 is 0 Å². The van der Waals surface area contributed by atoms with Crippen molar-refractivity contribution in [2.24, 2.45) is 5.92 Å². The lowest BCUT2D eigenvalue weighted by molar-refractivity contribution is -0.0547. The first kappa shape index (κ1) is 13.0. The minimum Gasteiger partial charge on any atom is -0.391 e. The second kappa shape index (κ2) is 5.31. The second-order valence-corrected chi connectivity index (χ2v) is 5.45. The number of aliphatic hydroxyl groups is 1. The maximum Gasteiger partial charge on any atom is 0.0743 e. The fourth-order valence-corrected chi connectivity index (χ4v) is 2.74. The van der Waals surface area contributed by atoms with E-state index in [0.717, 1.165) is 19.5 Å². The lowest BCUT2D eigenvalue weighted by Crippen LogP contribution is -2.57. The largest absolute Gasteiger partial charge is 0.391 e. The SMILES string of the molecule is CCC(C)(C(O)C(C)C)N1CCCCC1. The van der Waals surface area contributed by atoms with E-state index in [1.54, 1.807) is 0 Å². The monoisotopic (exact) mass is 213 g/mol. The summed E-state index contributed by atoms with van der Waals surface area (Å²) in [5.41, 5.74) is -0.0193. The summed E-state index contributed by atoms with van der Waals surface area (Å²) in [5.74, 6) is 0.344. The topological polar surface area (TPSA) is 23.5 Å². The predicted octanol–water partition coefficient (Wildman–Crippen LogP) is 2.66. The van der Waals surface area contributed by atoms with Crippen LogP contribution in [0, 0.1) is 5.92 Å². The average Bonchev–Trinajstić information content (AvgIpc) is 2.28. The molecule has 90 valence electrons. The molecule has 2 nitrogen and oxygen atoms in total. The third kappa shape index (κ3) is 2.73. The Hall–Kier alpha value is -0.0800. The van der Waals surface area contributed by atoms with Crippen molar-refractivity contribution >= 4 is 0 Å². The van der Waals surface area contributed by atoms with Crippen molar-refractivity contribution in [3.8, 4) is 0 Å². The van der Waals surface area contributed by atoms with E-state index in [0.29, 0.717) is 5.92 Å². The van der Waals surface area contributed by atoms with Crippen molar-refractivity contribution in [3.63, 3.8) is 0 Å². The van der Waals surface area contributed by atoms with E-state index in [1.807, 2.05) is 0 Å². The molecule has 2 unspecified atom stereocenters. The van der Waals surface area contributed by atoms with Crippen LogP contribution in [-0.4, -0.2) is 34.7 Å². The molecule has 0 aliphatic carbocycles. The van der Waals surface area contributed by atoms with Gasteiger partial charge in [0.2, 0.25) is 0 Å².